The predicted molar refractivity (Wildman–Crippen MR) is 73.6 cm³/mol. The molecule has 2 atom stereocenters. The van der Waals surface area contributed by atoms with E-state index in [2.05, 4.69) is 0 Å². The monoisotopic (exact) mass is 310 g/mol. The summed E-state index contributed by atoms with van der Waals surface area (Å²) in [5.41, 5.74) is 5.62. The Morgan fingerprint density at radius 3 is 2.67 bits per heavy atom. The van der Waals surface area contributed by atoms with Crippen LogP contribution in [0.3, 0.4) is 0 Å². The van der Waals surface area contributed by atoms with Gasteiger partial charge in [0.15, 0.2) is 0 Å². The lowest BCUT2D eigenvalue weighted by Crippen LogP contribution is -2.44. The summed E-state index contributed by atoms with van der Waals surface area (Å²) < 4.78 is 43.1. The minimum absolute atomic E-state index is 0.0140. The molecule has 4 nitrogen and oxygen atoms in total. The summed E-state index contributed by atoms with van der Waals surface area (Å²) in [6.07, 6.45) is -1.64. The zero-order valence-electron chi connectivity index (χ0n) is 12.5. The van der Waals surface area contributed by atoms with E-state index in [1.54, 1.807) is 0 Å². The first kappa shape index (κ1) is 18.2. The molecule has 0 spiro atoms. The first-order valence-electron chi connectivity index (χ1n) is 7.52. The fraction of sp³-hybridized carbons (Fsp3) is 0.929. The number of carbonyl (C=O) groups is 1. The Hall–Kier alpha value is -0.820. The van der Waals surface area contributed by atoms with Crippen LogP contribution in [0.4, 0.5) is 13.2 Å². The van der Waals surface area contributed by atoms with Crippen molar-refractivity contribution >= 4 is 5.91 Å². The van der Waals surface area contributed by atoms with Crippen LogP contribution in [0.15, 0.2) is 0 Å². The summed E-state index contributed by atoms with van der Waals surface area (Å²) in [6.45, 7) is 1.95. The number of carbonyl (C=O) groups excluding carboxylic acids is 1. The molecule has 0 bridgehead atoms. The van der Waals surface area contributed by atoms with Gasteiger partial charge in [0.25, 0.3) is 0 Å². The van der Waals surface area contributed by atoms with Crippen LogP contribution < -0.4 is 5.73 Å². The number of alkyl halides is 3. The predicted octanol–water partition coefficient (Wildman–Crippen LogP) is 2.18. The molecule has 1 saturated carbocycles. The molecule has 0 radical (unpaired) electrons. The Morgan fingerprint density at radius 2 is 2.10 bits per heavy atom. The van der Waals surface area contributed by atoms with Crippen molar-refractivity contribution in [2.24, 2.45) is 17.6 Å². The highest BCUT2D eigenvalue weighted by Crippen LogP contribution is 2.33. The van der Waals surface area contributed by atoms with Gasteiger partial charge in [0.2, 0.25) is 5.91 Å². The Labute approximate surface area is 123 Å². The maximum absolute atomic E-state index is 12.7. The van der Waals surface area contributed by atoms with Crippen LogP contribution in [0.5, 0.6) is 0 Å². The number of hydrogen-bond donors (Lipinski definition) is 1. The third-order valence-electron chi connectivity index (χ3n) is 3.88. The van der Waals surface area contributed by atoms with Crippen molar-refractivity contribution < 1.29 is 22.7 Å². The van der Waals surface area contributed by atoms with Gasteiger partial charge in [-0.1, -0.05) is 6.42 Å². The third kappa shape index (κ3) is 6.22. The molecule has 2 unspecified atom stereocenters. The quantitative estimate of drug-likeness (QED) is 0.699. The molecule has 1 amide bonds. The highest BCUT2D eigenvalue weighted by Gasteiger charge is 2.39. The molecule has 0 aromatic carbocycles. The normalized spacial score (nSPS) is 22.5. The summed E-state index contributed by atoms with van der Waals surface area (Å²) in [6, 6.07) is 0. The average molecular weight is 310 g/mol. The van der Waals surface area contributed by atoms with E-state index in [0.717, 1.165) is 17.7 Å². The molecule has 2 N–H and O–H groups in total. The number of amides is 1. The molecule has 1 aliphatic rings. The molecule has 0 aromatic heterocycles. The minimum atomic E-state index is -4.38. The van der Waals surface area contributed by atoms with Gasteiger partial charge in [0.05, 0.1) is 0 Å². The second-order valence-corrected chi connectivity index (χ2v) is 5.46. The molecule has 21 heavy (non-hydrogen) atoms. The van der Waals surface area contributed by atoms with Crippen LogP contribution in [0.25, 0.3) is 0 Å². The van der Waals surface area contributed by atoms with E-state index in [-0.39, 0.29) is 18.4 Å². The van der Waals surface area contributed by atoms with Crippen molar-refractivity contribution in [1.82, 2.24) is 4.90 Å². The van der Waals surface area contributed by atoms with Gasteiger partial charge in [-0.15, -0.1) is 0 Å². The van der Waals surface area contributed by atoms with E-state index in [9.17, 15) is 18.0 Å². The number of rotatable bonds is 8. The molecule has 1 rings (SSSR count). The van der Waals surface area contributed by atoms with Gasteiger partial charge in [-0.25, -0.2) is 0 Å². The number of hydrogen-bond acceptors (Lipinski definition) is 3. The molecule has 124 valence electrons. The molecule has 0 aromatic rings. The zero-order chi connectivity index (χ0) is 15.9. The lowest BCUT2D eigenvalue weighted by Gasteiger charge is -2.28. The molecule has 1 fully saturated rings. The van der Waals surface area contributed by atoms with Crippen molar-refractivity contribution in [3.05, 3.63) is 0 Å². The van der Waals surface area contributed by atoms with Gasteiger partial charge in [0.1, 0.15) is 6.54 Å². The molecule has 7 heteroatoms. The van der Waals surface area contributed by atoms with Crippen LogP contribution in [0, 0.1) is 11.8 Å². The number of halogens is 3. The summed E-state index contributed by atoms with van der Waals surface area (Å²) in [5.74, 6) is -0.749. The van der Waals surface area contributed by atoms with Gasteiger partial charge >= 0.3 is 6.18 Å². The van der Waals surface area contributed by atoms with E-state index in [1.807, 2.05) is 6.92 Å². The van der Waals surface area contributed by atoms with Crippen LogP contribution >= 0.6 is 0 Å². The number of ether oxygens (including phenoxy) is 1. The van der Waals surface area contributed by atoms with Gasteiger partial charge in [0, 0.05) is 25.7 Å². The Bertz CT molecular complexity index is 324. The Kier molecular flexibility index (Phi) is 7.45. The number of nitrogens with zero attached hydrogens (tertiary/aromatic N) is 1. The van der Waals surface area contributed by atoms with Crippen LogP contribution in [0.2, 0.25) is 0 Å². The molecular formula is C14H25F3N2O2. The van der Waals surface area contributed by atoms with E-state index < -0.39 is 18.6 Å². The lowest BCUT2D eigenvalue weighted by molar-refractivity contribution is -0.164. The topological polar surface area (TPSA) is 55.6 Å². The summed E-state index contributed by atoms with van der Waals surface area (Å²) in [4.78, 5) is 13.3. The second kappa shape index (κ2) is 8.58. The van der Waals surface area contributed by atoms with E-state index in [0.29, 0.717) is 32.6 Å². The molecule has 0 saturated heterocycles. The van der Waals surface area contributed by atoms with E-state index in [4.69, 9.17) is 10.5 Å². The highest BCUT2D eigenvalue weighted by molar-refractivity contribution is 5.79. The second-order valence-electron chi connectivity index (χ2n) is 5.46. The van der Waals surface area contributed by atoms with Crippen molar-refractivity contribution in [3.63, 3.8) is 0 Å². The van der Waals surface area contributed by atoms with Gasteiger partial charge in [-0.3, -0.25) is 4.79 Å². The smallest absolute Gasteiger partial charge is 0.382 e. The first-order valence-corrected chi connectivity index (χ1v) is 7.52. The highest BCUT2D eigenvalue weighted by atomic mass is 19.4. The SMILES string of the molecule is CCOCCCN(CC(F)(F)F)C(=O)C1CCCC1CN. The average Bonchev–Trinajstić information content (AvgIpc) is 2.88. The van der Waals surface area contributed by atoms with Gasteiger partial charge in [-0.2, -0.15) is 13.2 Å². The largest absolute Gasteiger partial charge is 0.406 e. The third-order valence-corrected chi connectivity index (χ3v) is 3.88. The molecule has 0 heterocycles. The van der Waals surface area contributed by atoms with E-state index in [1.165, 1.54) is 0 Å². The van der Waals surface area contributed by atoms with Crippen LogP contribution in [-0.4, -0.2) is 49.8 Å². The Balaban J connectivity index is 2.63. The Morgan fingerprint density at radius 1 is 1.38 bits per heavy atom. The maximum atomic E-state index is 12.7. The first-order chi connectivity index (χ1) is 9.89. The van der Waals surface area contributed by atoms with Crippen molar-refractivity contribution in [2.45, 2.75) is 38.8 Å². The lowest BCUT2D eigenvalue weighted by atomic mass is 9.94. The standard InChI is InChI=1S/C14H25F3N2O2/c1-2-21-8-4-7-19(10-14(15,16)17)13(20)12-6-3-5-11(12)9-18/h11-12H,2-10,18H2,1H3. The molecule has 1 aliphatic carbocycles. The van der Waals surface area contributed by atoms with Crippen molar-refractivity contribution in [1.29, 1.82) is 0 Å². The van der Waals surface area contributed by atoms with Crippen LogP contribution in [0.1, 0.15) is 32.6 Å². The van der Waals surface area contributed by atoms with Gasteiger partial charge in [-0.05, 0) is 38.6 Å². The van der Waals surface area contributed by atoms with E-state index >= 15 is 0 Å². The number of nitrogens with two attached hydrogens (primary N) is 1. The molecule has 0 aliphatic heterocycles. The summed E-state index contributed by atoms with van der Waals surface area (Å²) in [7, 11) is 0. The minimum Gasteiger partial charge on any atom is -0.382 e. The zero-order valence-corrected chi connectivity index (χ0v) is 12.5. The van der Waals surface area contributed by atoms with Crippen molar-refractivity contribution in [2.75, 3.05) is 32.8 Å². The molecular weight excluding hydrogens is 285 g/mol. The van der Waals surface area contributed by atoms with Gasteiger partial charge < -0.3 is 15.4 Å². The van der Waals surface area contributed by atoms with Crippen molar-refractivity contribution in [3.8, 4) is 0 Å². The summed E-state index contributed by atoms with van der Waals surface area (Å²) in [5, 5.41) is 0. The summed E-state index contributed by atoms with van der Waals surface area (Å²) >= 11 is 0. The van der Waals surface area contributed by atoms with Crippen LogP contribution in [-0.2, 0) is 9.53 Å². The fourth-order valence-corrected chi connectivity index (χ4v) is 2.86. The fourth-order valence-electron chi connectivity index (χ4n) is 2.86. The maximum Gasteiger partial charge on any atom is 0.406 e.